The number of allylic oxidation sites excluding steroid dienone is 2. The molecule has 5 heteroatoms. The molecule has 88 valence electrons. The lowest BCUT2D eigenvalue weighted by Crippen LogP contribution is -2.32. The minimum Gasteiger partial charge on any atom is -0.481 e. The lowest BCUT2D eigenvalue weighted by Gasteiger charge is -2.23. The first-order valence-corrected chi connectivity index (χ1v) is 5.34. The summed E-state index contributed by atoms with van der Waals surface area (Å²) in [6, 6.07) is 0. The Bertz CT molecular complexity index is 318. The van der Waals surface area contributed by atoms with Crippen molar-refractivity contribution in [1.82, 2.24) is 0 Å². The summed E-state index contributed by atoms with van der Waals surface area (Å²) in [5, 5.41) is 8.98. The third-order valence-corrected chi connectivity index (χ3v) is 2.87. The number of esters is 1. The van der Waals surface area contributed by atoms with Crippen LogP contribution in [0.4, 0.5) is 0 Å². The lowest BCUT2D eigenvalue weighted by molar-refractivity contribution is -0.158. The largest absolute Gasteiger partial charge is 0.481 e. The van der Waals surface area contributed by atoms with Crippen LogP contribution >= 0.6 is 0 Å². The van der Waals surface area contributed by atoms with E-state index in [0.717, 1.165) is 0 Å². The highest BCUT2D eigenvalue weighted by Gasteiger charge is 2.36. The van der Waals surface area contributed by atoms with Gasteiger partial charge in [-0.2, -0.15) is 0 Å². The minimum atomic E-state index is -0.936. The van der Waals surface area contributed by atoms with Crippen LogP contribution in [0.1, 0.15) is 12.8 Å². The van der Waals surface area contributed by atoms with Crippen LogP contribution in [0.2, 0.25) is 0 Å². The summed E-state index contributed by atoms with van der Waals surface area (Å²) in [5.41, 5.74) is 0. The van der Waals surface area contributed by atoms with E-state index in [4.69, 9.17) is 14.6 Å². The molecule has 3 atom stereocenters. The first-order valence-electron chi connectivity index (χ1n) is 5.34. The van der Waals surface area contributed by atoms with Gasteiger partial charge in [0, 0.05) is 0 Å². The fourth-order valence-corrected chi connectivity index (χ4v) is 1.79. The fourth-order valence-electron chi connectivity index (χ4n) is 1.79. The third kappa shape index (κ3) is 2.61. The third-order valence-electron chi connectivity index (χ3n) is 2.87. The zero-order chi connectivity index (χ0) is 11.5. The van der Waals surface area contributed by atoms with Crippen LogP contribution < -0.4 is 0 Å². The van der Waals surface area contributed by atoms with E-state index in [2.05, 4.69) is 0 Å². The van der Waals surface area contributed by atoms with Gasteiger partial charge in [-0.15, -0.1) is 0 Å². The quantitative estimate of drug-likeness (QED) is 0.431. The molecule has 0 aromatic rings. The molecule has 2 aliphatic rings. The second kappa shape index (κ2) is 4.65. The van der Waals surface area contributed by atoms with Crippen LogP contribution in [0.3, 0.4) is 0 Å². The van der Waals surface area contributed by atoms with E-state index >= 15 is 0 Å². The minimum absolute atomic E-state index is 0.0198. The highest BCUT2D eigenvalue weighted by Crippen LogP contribution is 2.27. The number of hydrogen-bond acceptors (Lipinski definition) is 4. The number of carboxylic acid groups (broad SMARTS) is 1. The van der Waals surface area contributed by atoms with Crippen LogP contribution in [-0.4, -0.2) is 36.4 Å². The Balaban J connectivity index is 1.90. The van der Waals surface area contributed by atoms with Crippen LogP contribution in [-0.2, 0) is 19.1 Å². The van der Waals surface area contributed by atoms with Gasteiger partial charge in [0.05, 0.1) is 18.4 Å². The fraction of sp³-hybridized carbons (Fsp3) is 0.636. The SMILES string of the molecule is O=C(O)C1CC=CCC1C(=O)OCC1CO1. The maximum absolute atomic E-state index is 11.7. The van der Waals surface area contributed by atoms with E-state index < -0.39 is 23.8 Å². The molecule has 0 spiro atoms. The smallest absolute Gasteiger partial charge is 0.310 e. The molecule has 0 saturated carbocycles. The summed E-state index contributed by atoms with van der Waals surface area (Å²) >= 11 is 0. The highest BCUT2D eigenvalue weighted by atomic mass is 16.6. The van der Waals surface area contributed by atoms with E-state index in [9.17, 15) is 9.59 Å². The maximum Gasteiger partial charge on any atom is 0.310 e. The molecular formula is C11H14O5. The van der Waals surface area contributed by atoms with Crippen molar-refractivity contribution in [2.45, 2.75) is 18.9 Å². The van der Waals surface area contributed by atoms with Crippen LogP contribution in [0.25, 0.3) is 0 Å². The molecule has 1 aliphatic carbocycles. The van der Waals surface area contributed by atoms with E-state index in [-0.39, 0.29) is 12.7 Å². The van der Waals surface area contributed by atoms with Crippen LogP contribution in [0.15, 0.2) is 12.2 Å². The Morgan fingerprint density at radius 3 is 2.50 bits per heavy atom. The van der Waals surface area contributed by atoms with Crippen molar-refractivity contribution in [3.63, 3.8) is 0 Å². The maximum atomic E-state index is 11.7. The molecular weight excluding hydrogens is 212 g/mol. The van der Waals surface area contributed by atoms with Gasteiger partial charge < -0.3 is 14.6 Å². The first-order chi connectivity index (χ1) is 7.68. The molecule has 16 heavy (non-hydrogen) atoms. The van der Waals surface area contributed by atoms with Crippen LogP contribution in [0.5, 0.6) is 0 Å². The molecule has 1 saturated heterocycles. The summed E-state index contributed by atoms with van der Waals surface area (Å²) in [4.78, 5) is 22.6. The van der Waals surface area contributed by atoms with E-state index in [1.54, 1.807) is 6.08 Å². The molecule has 1 fully saturated rings. The number of rotatable bonds is 4. The highest BCUT2D eigenvalue weighted by molar-refractivity contribution is 5.81. The molecule has 1 N–H and O–H groups in total. The zero-order valence-electron chi connectivity index (χ0n) is 8.80. The summed E-state index contributed by atoms with van der Waals surface area (Å²) in [6.07, 6.45) is 4.49. The monoisotopic (exact) mass is 226 g/mol. The molecule has 3 unspecified atom stereocenters. The molecule has 0 radical (unpaired) electrons. The molecule has 0 bridgehead atoms. The molecule has 0 aromatic carbocycles. The van der Waals surface area contributed by atoms with Crippen molar-refractivity contribution in [3.8, 4) is 0 Å². The van der Waals surface area contributed by atoms with Gasteiger partial charge >= 0.3 is 11.9 Å². The van der Waals surface area contributed by atoms with E-state index in [0.29, 0.717) is 19.4 Å². The first kappa shape index (κ1) is 11.1. The van der Waals surface area contributed by atoms with E-state index in [1.807, 2.05) is 6.08 Å². The van der Waals surface area contributed by atoms with Gasteiger partial charge in [0.15, 0.2) is 0 Å². The van der Waals surface area contributed by atoms with Crippen molar-refractivity contribution in [2.24, 2.45) is 11.8 Å². The number of aliphatic carboxylic acids is 1. The topological polar surface area (TPSA) is 76.1 Å². The summed E-state index contributed by atoms with van der Waals surface area (Å²) in [5.74, 6) is -2.57. The summed E-state index contributed by atoms with van der Waals surface area (Å²) in [6.45, 7) is 0.867. The second-order valence-corrected chi connectivity index (χ2v) is 4.08. The summed E-state index contributed by atoms with van der Waals surface area (Å²) < 4.78 is 9.94. The normalized spacial score (nSPS) is 32.1. The second-order valence-electron chi connectivity index (χ2n) is 4.08. The van der Waals surface area contributed by atoms with Crippen LogP contribution in [0, 0.1) is 11.8 Å². The Morgan fingerprint density at radius 1 is 1.31 bits per heavy atom. The van der Waals surface area contributed by atoms with Crippen molar-refractivity contribution in [3.05, 3.63) is 12.2 Å². The van der Waals surface area contributed by atoms with Gasteiger partial charge in [-0.05, 0) is 12.8 Å². The van der Waals surface area contributed by atoms with Gasteiger partial charge in [0.1, 0.15) is 12.7 Å². The molecule has 2 rings (SSSR count). The number of carboxylic acids is 1. The van der Waals surface area contributed by atoms with Crippen molar-refractivity contribution in [2.75, 3.05) is 13.2 Å². The standard InChI is InChI=1S/C11H14O5/c12-10(13)8-3-1-2-4-9(8)11(14)16-6-7-5-15-7/h1-2,7-9H,3-6H2,(H,12,13). The van der Waals surface area contributed by atoms with Gasteiger partial charge in [-0.25, -0.2) is 0 Å². The van der Waals surface area contributed by atoms with Gasteiger partial charge in [-0.3, -0.25) is 9.59 Å². The average molecular weight is 226 g/mol. The number of carbonyl (C=O) groups is 2. The lowest BCUT2D eigenvalue weighted by atomic mass is 9.83. The number of carbonyl (C=O) groups excluding carboxylic acids is 1. The van der Waals surface area contributed by atoms with Crippen molar-refractivity contribution in [1.29, 1.82) is 0 Å². The number of epoxide rings is 1. The van der Waals surface area contributed by atoms with E-state index in [1.165, 1.54) is 0 Å². The zero-order valence-corrected chi connectivity index (χ0v) is 8.80. The predicted molar refractivity (Wildman–Crippen MR) is 53.7 cm³/mol. The van der Waals surface area contributed by atoms with Gasteiger partial charge in [0.25, 0.3) is 0 Å². The average Bonchev–Trinajstić information content (AvgIpc) is 3.09. The number of hydrogen-bond donors (Lipinski definition) is 1. The number of ether oxygens (including phenoxy) is 2. The van der Waals surface area contributed by atoms with Gasteiger partial charge in [0.2, 0.25) is 0 Å². The molecule has 1 heterocycles. The molecule has 5 nitrogen and oxygen atoms in total. The molecule has 0 aromatic heterocycles. The van der Waals surface area contributed by atoms with Crippen molar-refractivity contribution >= 4 is 11.9 Å². The van der Waals surface area contributed by atoms with Gasteiger partial charge in [-0.1, -0.05) is 12.2 Å². The predicted octanol–water partition coefficient (Wildman–Crippen LogP) is 0.595. The molecule has 1 aliphatic heterocycles. The molecule has 0 amide bonds. The van der Waals surface area contributed by atoms with Crippen molar-refractivity contribution < 1.29 is 24.2 Å². The Labute approximate surface area is 93.0 Å². The summed E-state index contributed by atoms with van der Waals surface area (Å²) in [7, 11) is 0. The Hall–Kier alpha value is -1.36. The Kier molecular flexibility index (Phi) is 3.24. The Morgan fingerprint density at radius 2 is 1.94 bits per heavy atom.